The van der Waals surface area contributed by atoms with Crippen molar-refractivity contribution in [1.82, 2.24) is 9.97 Å². The van der Waals surface area contributed by atoms with E-state index in [0.717, 1.165) is 41.0 Å². The molecule has 0 aliphatic rings. The maximum atomic E-state index is 13.5. The first-order valence-electron chi connectivity index (χ1n) is 9.68. The van der Waals surface area contributed by atoms with Gasteiger partial charge in [-0.3, -0.25) is 0 Å². The molecule has 3 rings (SSSR count). The number of nitrogens with zero attached hydrogens (tertiary/aromatic N) is 2. The number of benzene rings is 2. The molecule has 1 aromatic heterocycles. The van der Waals surface area contributed by atoms with Crippen LogP contribution in [-0.2, 0) is 12.6 Å². The van der Waals surface area contributed by atoms with Crippen LogP contribution in [-0.4, -0.2) is 9.97 Å². The van der Waals surface area contributed by atoms with E-state index in [2.05, 4.69) is 50.1 Å². The molecular weight excluding hydrogens is 504 g/mol. The highest BCUT2D eigenvalue weighted by atomic mass is 127. The van der Waals surface area contributed by atoms with E-state index in [1.54, 1.807) is 6.07 Å². The van der Waals surface area contributed by atoms with E-state index in [1.165, 1.54) is 0 Å². The van der Waals surface area contributed by atoms with Crippen LogP contribution in [0.2, 0.25) is 0 Å². The third-order valence-corrected chi connectivity index (χ3v) is 5.17. The van der Waals surface area contributed by atoms with Crippen LogP contribution in [0.5, 0.6) is 0 Å². The number of unbranched alkanes of at least 4 members (excludes halogenated alkanes) is 2. The molecule has 30 heavy (non-hydrogen) atoms. The molecule has 0 saturated heterocycles. The van der Waals surface area contributed by atoms with Crippen molar-refractivity contribution in [2.24, 2.45) is 0 Å². The predicted molar refractivity (Wildman–Crippen MR) is 122 cm³/mol. The lowest BCUT2D eigenvalue weighted by atomic mass is 10.1. The Morgan fingerprint density at radius 1 is 0.967 bits per heavy atom. The minimum absolute atomic E-state index is 0.0887. The summed E-state index contributed by atoms with van der Waals surface area (Å²) in [4.78, 5) is 7.95. The van der Waals surface area contributed by atoms with Crippen molar-refractivity contribution in [3.63, 3.8) is 0 Å². The van der Waals surface area contributed by atoms with Gasteiger partial charge in [0.2, 0.25) is 5.95 Å². The molecule has 0 aliphatic heterocycles. The molecule has 0 aliphatic carbocycles. The van der Waals surface area contributed by atoms with Crippen molar-refractivity contribution in [2.45, 2.75) is 38.8 Å². The summed E-state index contributed by atoms with van der Waals surface area (Å²) < 4.78 is 41.5. The molecule has 0 atom stereocenters. The number of hydrogen-bond acceptors (Lipinski definition) is 4. The van der Waals surface area contributed by atoms with Crippen LogP contribution in [0.1, 0.15) is 37.3 Å². The number of halogens is 4. The maximum Gasteiger partial charge on any atom is 0.421 e. The van der Waals surface area contributed by atoms with Gasteiger partial charge in [-0.25, -0.2) is 4.98 Å². The molecule has 1 heterocycles. The molecule has 0 unspecified atom stereocenters. The van der Waals surface area contributed by atoms with E-state index in [-0.39, 0.29) is 11.8 Å². The summed E-state index contributed by atoms with van der Waals surface area (Å²) >= 11 is 2.18. The quantitative estimate of drug-likeness (QED) is 0.239. The molecule has 4 nitrogen and oxygen atoms in total. The van der Waals surface area contributed by atoms with E-state index >= 15 is 0 Å². The monoisotopic (exact) mass is 526 g/mol. The number of hydrogen-bond donors (Lipinski definition) is 2. The molecule has 0 spiro atoms. The smallest absolute Gasteiger partial charge is 0.340 e. The number of nitrogens with one attached hydrogen (secondary N) is 2. The van der Waals surface area contributed by atoms with Crippen LogP contribution in [0.15, 0.2) is 54.7 Å². The van der Waals surface area contributed by atoms with Crippen LogP contribution >= 0.6 is 22.6 Å². The van der Waals surface area contributed by atoms with Crippen LogP contribution in [0.3, 0.4) is 0 Å². The second-order valence-electron chi connectivity index (χ2n) is 6.87. The molecule has 2 aromatic carbocycles. The molecule has 3 aromatic rings. The lowest BCUT2D eigenvalue weighted by Gasteiger charge is -2.15. The Hall–Kier alpha value is -2.36. The number of aromatic nitrogens is 2. The van der Waals surface area contributed by atoms with Gasteiger partial charge in [0.1, 0.15) is 11.4 Å². The summed E-state index contributed by atoms with van der Waals surface area (Å²) in [7, 11) is 0. The van der Waals surface area contributed by atoms with E-state index in [0.29, 0.717) is 11.4 Å². The SMILES string of the molecule is CCCCCc1cccc(Nc2nc(Nc3ccc(I)cc3)ncc2C(F)(F)F)c1. The number of anilines is 4. The molecule has 0 bridgehead atoms. The zero-order valence-corrected chi connectivity index (χ0v) is 18.6. The highest BCUT2D eigenvalue weighted by Gasteiger charge is 2.35. The lowest BCUT2D eigenvalue weighted by Crippen LogP contribution is -2.12. The fourth-order valence-electron chi connectivity index (χ4n) is 2.93. The maximum absolute atomic E-state index is 13.5. The van der Waals surface area contributed by atoms with Gasteiger partial charge in [-0.15, -0.1) is 0 Å². The highest BCUT2D eigenvalue weighted by Crippen LogP contribution is 2.35. The van der Waals surface area contributed by atoms with Crippen LogP contribution in [0.4, 0.5) is 36.3 Å². The van der Waals surface area contributed by atoms with E-state index in [9.17, 15) is 13.2 Å². The van der Waals surface area contributed by atoms with Crippen molar-refractivity contribution >= 4 is 45.7 Å². The van der Waals surface area contributed by atoms with Gasteiger partial charge < -0.3 is 10.6 Å². The fraction of sp³-hybridized carbons (Fsp3) is 0.273. The van der Waals surface area contributed by atoms with E-state index in [1.807, 2.05) is 42.5 Å². The summed E-state index contributed by atoms with van der Waals surface area (Å²) in [5.41, 5.74) is 1.42. The summed E-state index contributed by atoms with van der Waals surface area (Å²) in [5, 5.41) is 5.78. The third-order valence-electron chi connectivity index (χ3n) is 4.45. The lowest BCUT2D eigenvalue weighted by molar-refractivity contribution is -0.137. The van der Waals surface area contributed by atoms with Crippen molar-refractivity contribution < 1.29 is 13.2 Å². The van der Waals surface area contributed by atoms with Crippen molar-refractivity contribution in [3.05, 3.63) is 69.4 Å². The first kappa shape index (κ1) is 22.3. The summed E-state index contributed by atoms with van der Waals surface area (Å²) in [5.74, 6) is -0.193. The molecular formula is C22H22F3IN4. The first-order chi connectivity index (χ1) is 14.3. The molecule has 0 saturated carbocycles. The molecule has 0 amide bonds. The average Bonchev–Trinajstić information content (AvgIpc) is 2.70. The third kappa shape index (κ3) is 6.32. The Labute approximate surface area is 187 Å². The average molecular weight is 526 g/mol. The van der Waals surface area contributed by atoms with Gasteiger partial charge in [0, 0.05) is 21.1 Å². The number of rotatable bonds is 8. The minimum atomic E-state index is -4.57. The summed E-state index contributed by atoms with van der Waals surface area (Å²) in [6.07, 6.45) is 0.404. The van der Waals surface area contributed by atoms with Crippen molar-refractivity contribution in [1.29, 1.82) is 0 Å². The predicted octanol–water partition coefficient (Wildman–Crippen LogP) is 7.32. The zero-order chi connectivity index (χ0) is 21.6. The fourth-order valence-corrected chi connectivity index (χ4v) is 3.29. The topological polar surface area (TPSA) is 49.8 Å². The van der Waals surface area contributed by atoms with Crippen molar-refractivity contribution in [2.75, 3.05) is 10.6 Å². The Kier molecular flexibility index (Phi) is 7.52. The molecule has 158 valence electrons. The first-order valence-corrected chi connectivity index (χ1v) is 10.8. The van der Waals surface area contributed by atoms with Crippen LogP contribution in [0.25, 0.3) is 0 Å². The van der Waals surface area contributed by atoms with Gasteiger partial charge in [0.05, 0.1) is 0 Å². The van der Waals surface area contributed by atoms with Crippen molar-refractivity contribution in [3.8, 4) is 0 Å². The number of aryl methyl sites for hydroxylation is 1. The Morgan fingerprint density at radius 3 is 2.43 bits per heavy atom. The largest absolute Gasteiger partial charge is 0.421 e. The van der Waals surface area contributed by atoms with Gasteiger partial charge >= 0.3 is 6.18 Å². The van der Waals surface area contributed by atoms with Gasteiger partial charge in [0.15, 0.2) is 0 Å². The molecule has 0 radical (unpaired) electrons. The van der Waals surface area contributed by atoms with Crippen LogP contribution < -0.4 is 10.6 Å². The van der Waals surface area contributed by atoms with Crippen LogP contribution in [0, 0.1) is 3.57 Å². The summed E-state index contributed by atoms with van der Waals surface area (Å²) in [6, 6.07) is 14.8. The Balaban J connectivity index is 1.86. The minimum Gasteiger partial charge on any atom is -0.340 e. The van der Waals surface area contributed by atoms with Gasteiger partial charge in [-0.05, 0) is 77.4 Å². The van der Waals surface area contributed by atoms with E-state index < -0.39 is 11.7 Å². The Bertz CT molecular complexity index is 975. The highest BCUT2D eigenvalue weighted by molar-refractivity contribution is 14.1. The molecule has 8 heteroatoms. The Morgan fingerprint density at radius 2 is 1.73 bits per heavy atom. The summed E-state index contributed by atoms with van der Waals surface area (Å²) in [6.45, 7) is 2.13. The molecule has 0 fully saturated rings. The number of alkyl halides is 3. The van der Waals surface area contributed by atoms with Gasteiger partial charge in [-0.1, -0.05) is 31.9 Å². The zero-order valence-electron chi connectivity index (χ0n) is 16.4. The second-order valence-corrected chi connectivity index (χ2v) is 8.11. The van der Waals surface area contributed by atoms with E-state index in [4.69, 9.17) is 0 Å². The standard InChI is InChI=1S/C22H22F3IN4/c1-2-3-4-6-15-7-5-8-18(13-15)28-20-19(22(23,24)25)14-27-21(30-20)29-17-11-9-16(26)10-12-17/h5,7-14H,2-4,6H2,1H3,(H2,27,28,29,30). The normalized spacial score (nSPS) is 11.4. The van der Waals surface area contributed by atoms with Gasteiger partial charge in [-0.2, -0.15) is 18.2 Å². The molecule has 2 N–H and O–H groups in total. The van der Waals surface area contributed by atoms with Gasteiger partial charge in [0.25, 0.3) is 0 Å². The second kappa shape index (κ2) is 10.1.